The molecule has 0 fully saturated rings. The summed E-state index contributed by atoms with van der Waals surface area (Å²) in [6.45, 7) is 3.83. The van der Waals surface area contributed by atoms with Gasteiger partial charge in [-0.05, 0) is 43.7 Å². The lowest BCUT2D eigenvalue weighted by molar-refractivity contribution is 0.0936. The van der Waals surface area contributed by atoms with E-state index in [9.17, 15) is 9.18 Å². The molecule has 5 aromatic rings. The van der Waals surface area contributed by atoms with E-state index in [0.29, 0.717) is 5.56 Å². The first-order valence-electron chi connectivity index (χ1n) is 10.6. The van der Waals surface area contributed by atoms with Gasteiger partial charge in [0.2, 0.25) is 0 Å². The highest BCUT2D eigenvalue weighted by Crippen LogP contribution is 2.27. The van der Waals surface area contributed by atoms with Crippen LogP contribution in [0.3, 0.4) is 0 Å². The number of nitrogens with zero attached hydrogens (tertiary/aromatic N) is 3. The highest BCUT2D eigenvalue weighted by atomic mass is 19.1. The summed E-state index contributed by atoms with van der Waals surface area (Å²) in [6.07, 6.45) is 5.43. The minimum absolute atomic E-state index is 0.00469. The normalized spacial score (nSPS) is 12.1. The fraction of sp³-hybridized carbons (Fsp3) is 0.115. The van der Waals surface area contributed by atoms with E-state index in [1.807, 2.05) is 66.9 Å². The molecular weight excluding hydrogens is 417 g/mol. The van der Waals surface area contributed by atoms with Crippen LogP contribution in [0.25, 0.3) is 28.0 Å². The topological polar surface area (TPSA) is 75.1 Å². The minimum atomic E-state index is -0.581. The zero-order valence-electron chi connectivity index (χ0n) is 18.2. The fourth-order valence-electron chi connectivity index (χ4n) is 3.95. The molecule has 7 heteroatoms. The van der Waals surface area contributed by atoms with E-state index >= 15 is 0 Å². The van der Waals surface area contributed by atoms with Crippen LogP contribution in [0.1, 0.15) is 34.6 Å². The summed E-state index contributed by atoms with van der Waals surface area (Å²) in [5, 5.41) is 9.89. The van der Waals surface area contributed by atoms with E-state index in [2.05, 4.69) is 20.5 Å². The van der Waals surface area contributed by atoms with Crippen molar-refractivity contribution in [2.75, 3.05) is 0 Å². The van der Waals surface area contributed by atoms with Gasteiger partial charge in [0.15, 0.2) is 0 Å². The number of fused-ring (bicyclic) bond motifs is 1. The van der Waals surface area contributed by atoms with Gasteiger partial charge >= 0.3 is 0 Å². The van der Waals surface area contributed by atoms with Crippen LogP contribution in [0.2, 0.25) is 0 Å². The molecule has 5 rings (SSSR count). The number of nitrogens with one attached hydrogen (secondary N) is 2. The maximum atomic E-state index is 15.0. The molecule has 0 aliphatic heterocycles. The van der Waals surface area contributed by atoms with Crippen molar-refractivity contribution >= 4 is 11.6 Å². The molecule has 0 saturated carbocycles. The highest BCUT2D eigenvalue weighted by Gasteiger charge is 2.17. The monoisotopic (exact) mass is 439 g/mol. The molecule has 0 bridgehead atoms. The van der Waals surface area contributed by atoms with Crippen molar-refractivity contribution in [2.24, 2.45) is 0 Å². The van der Waals surface area contributed by atoms with Gasteiger partial charge in [0.1, 0.15) is 11.5 Å². The first-order chi connectivity index (χ1) is 16.0. The number of hydrogen-bond donors (Lipinski definition) is 2. The van der Waals surface area contributed by atoms with E-state index in [4.69, 9.17) is 0 Å². The van der Waals surface area contributed by atoms with Crippen molar-refractivity contribution in [3.8, 4) is 22.4 Å². The molecule has 3 heterocycles. The molecular formula is C26H22FN5O. The number of rotatable bonds is 5. The Morgan fingerprint density at radius 3 is 2.58 bits per heavy atom. The second-order valence-corrected chi connectivity index (χ2v) is 8.00. The summed E-state index contributed by atoms with van der Waals surface area (Å²) in [7, 11) is 0. The number of amides is 1. The smallest absolute Gasteiger partial charge is 0.254 e. The predicted octanol–water partition coefficient (Wildman–Crippen LogP) is 5.33. The number of pyridine rings is 1. The lowest BCUT2D eigenvalue weighted by Gasteiger charge is -2.15. The Morgan fingerprint density at radius 1 is 1.06 bits per heavy atom. The van der Waals surface area contributed by atoms with Crippen molar-refractivity contribution in [2.45, 2.75) is 19.9 Å². The minimum Gasteiger partial charge on any atom is -0.345 e. The van der Waals surface area contributed by atoms with Crippen LogP contribution < -0.4 is 5.32 Å². The first kappa shape index (κ1) is 20.6. The van der Waals surface area contributed by atoms with E-state index < -0.39 is 11.7 Å². The third-order valence-corrected chi connectivity index (χ3v) is 5.80. The highest BCUT2D eigenvalue weighted by molar-refractivity contribution is 5.95. The Bertz CT molecular complexity index is 1450. The van der Waals surface area contributed by atoms with Gasteiger partial charge in [-0.2, -0.15) is 5.10 Å². The van der Waals surface area contributed by atoms with E-state index in [0.717, 1.165) is 33.7 Å². The van der Waals surface area contributed by atoms with Crippen molar-refractivity contribution in [1.82, 2.24) is 24.9 Å². The van der Waals surface area contributed by atoms with Crippen LogP contribution in [0, 0.1) is 12.7 Å². The van der Waals surface area contributed by atoms with E-state index in [1.165, 1.54) is 12.1 Å². The summed E-state index contributed by atoms with van der Waals surface area (Å²) in [6, 6.07) is 17.9. The Balaban J connectivity index is 1.44. The lowest BCUT2D eigenvalue weighted by atomic mass is 10.1. The molecule has 1 atom stereocenters. The number of H-pyrrole nitrogens is 1. The summed E-state index contributed by atoms with van der Waals surface area (Å²) in [5.74, 6) is -1.03. The number of aromatic nitrogens is 4. The van der Waals surface area contributed by atoms with Crippen LogP contribution in [0.15, 0.2) is 79.3 Å². The number of hydrogen-bond acceptors (Lipinski definition) is 3. The number of carbonyl (C=O) groups excluding carboxylic acids is 1. The molecule has 164 valence electrons. The quantitative estimate of drug-likeness (QED) is 0.389. The third-order valence-electron chi connectivity index (χ3n) is 5.80. The van der Waals surface area contributed by atoms with Gasteiger partial charge in [0.25, 0.3) is 5.91 Å². The third kappa shape index (κ3) is 3.89. The molecule has 0 saturated heterocycles. The molecule has 2 N–H and O–H groups in total. The number of imidazole rings is 1. The van der Waals surface area contributed by atoms with Gasteiger partial charge in [-0.3, -0.25) is 14.3 Å². The predicted molar refractivity (Wildman–Crippen MR) is 125 cm³/mol. The standard InChI is InChI=1S/C26H22FN5O/c1-16(18-6-4-3-5-7-18)30-26(33)21-10-8-19(12-23(21)27)24-14-28-25-11-9-20(15-32(24)25)22-13-29-31-17(22)2/h3-16H,1-2H3,(H,29,31)(H,30,33). The van der Waals surface area contributed by atoms with Crippen LogP contribution in [-0.4, -0.2) is 25.5 Å². The van der Waals surface area contributed by atoms with Crippen molar-refractivity contribution < 1.29 is 9.18 Å². The Labute approximate surface area is 190 Å². The Morgan fingerprint density at radius 2 is 1.85 bits per heavy atom. The molecule has 0 radical (unpaired) electrons. The first-order valence-corrected chi connectivity index (χ1v) is 10.6. The SMILES string of the molecule is Cc1[nH]ncc1-c1ccc2ncc(-c3ccc(C(=O)NC(C)c4ccccc4)c(F)c3)n2c1. The van der Waals surface area contributed by atoms with Crippen LogP contribution in [0.4, 0.5) is 4.39 Å². The molecule has 33 heavy (non-hydrogen) atoms. The van der Waals surface area contributed by atoms with Gasteiger partial charge in [-0.1, -0.05) is 36.4 Å². The number of aryl methyl sites for hydroxylation is 1. The van der Waals surface area contributed by atoms with Crippen LogP contribution in [0.5, 0.6) is 0 Å². The summed E-state index contributed by atoms with van der Waals surface area (Å²) >= 11 is 0. The molecule has 2 aromatic carbocycles. The second kappa shape index (κ2) is 8.35. The zero-order chi connectivity index (χ0) is 22.9. The van der Waals surface area contributed by atoms with E-state index in [-0.39, 0.29) is 11.6 Å². The second-order valence-electron chi connectivity index (χ2n) is 8.00. The average molecular weight is 439 g/mol. The van der Waals surface area contributed by atoms with Crippen LogP contribution >= 0.6 is 0 Å². The summed E-state index contributed by atoms with van der Waals surface area (Å²) < 4.78 is 16.9. The van der Waals surface area contributed by atoms with Gasteiger partial charge in [-0.25, -0.2) is 9.37 Å². The number of halogens is 1. The maximum Gasteiger partial charge on any atom is 0.254 e. The Kier molecular flexibility index (Phi) is 5.22. The lowest BCUT2D eigenvalue weighted by Crippen LogP contribution is -2.27. The molecule has 0 spiro atoms. The van der Waals surface area contributed by atoms with Gasteiger partial charge in [-0.15, -0.1) is 0 Å². The molecule has 0 aliphatic rings. The fourth-order valence-corrected chi connectivity index (χ4v) is 3.95. The largest absolute Gasteiger partial charge is 0.345 e. The molecule has 0 aliphatic carbocycles. The van der Waals surface area contributed by atoms with E-state index in [1.54, 1.807) is 18.5 Å². The Hall–Kier alpha value is -4.26. The van der Waals surface area contributed by atoms with Crippen LogP contribution in [-0.2, 0) is 0 Å². The van der Waals surface area contributed by atoms with Gasteiger partial charge < -0.3 is 5.32 Å². The van der Waals surface area contributed by atoms with Crippen molar-refractivity contribution in [3.05, 3.63) is 102 Å². The molecule has 1 unspecified atom stereocenters. The van der Waals surface area contributed by atoms with Gasteiger partial charge in [0.05, 0.1) is 29.7 Å². The molecule has 6 nitrogen and oxygen atoms in total. The van der Waals surface area contributed by atoms with Crippen molar-refractivity contribution in [1.29, 1.82) is 0 Å². The number of benzene rings is 2. The molecule has 1 amide bonds. The van der Waals surface area contributed by atoms with Crippen molar-refractivity contribution in [3.63, 3.8) is 0 Å². The summed E-state index contributed by atoms with van der Waals surface area (Å²) in [5.41, 5.74) is 5.99. The zero-order valence-corrected chi connectivity index (χ0v) is 18.2. The van der Waals surface area contributed by atoms with Gasteiger partial charge in [0, 0.05) is 28.6 Å². The number of carbonyl (C=O) groups is 1. The number of aromatic amines is 1. The summed E-state index contributed by atoms with van der Waals surface area (Å²) in [4.78, 5) is 17.1. The molecule has 3 aromatic heterocycles. The average Bonchev–Trinajstić information content (AvgIpc) is 3.45. The maximum absolute atomic E-state index is 15.0.